The van der Waals surface area contributed by atoms with Gasteiger partial charge in [-0.05, 0) is 127 Å². The fourth-order valence-electron chi connectivity index (χ4n) is 5.49. The van der Waals surface area contributed by atoms with Crippen LogP contribution in [0.2, 0.25) is 0 Å². The van der Waals surface area contributed by atoms with Crippen LogP contribution in [-0.4, -0.2) is 93.2 Å². The average Bonchev–Trinajstić information content (AvgIpc) is 3.28. The molecule has 13 nitrogen and oxygen atoms in total. The number of halogens is 1. The number of rotatable bonds is 14. The minimum Gasteiger partial charge on any atom is -0.497 e. The predicted molar refractivity (Wildman–Crippen MR) is 206 cm³/mol. The van der Waals surface area contributed by atoms with Crippen LogP contribution in [0, 0.1) is 3.57 Å². The summed E-state index contributed by atoms with van der Waals surface area (Å²) in [7, 11) is 5.22. The van der Waals surface area contributed by atoms with Crippen molar-refractivity contribution in [2.45, 2.75) is 110 Å². The van der Waals surface area contributed by atoms with E-state index < -0.39 is 65.9 Å². The van der Waals surface area contributed by atoms with Gasteiger partial charge in [0.1, 0.15) is 35.2 Å². The summed E-state index contributed by atoms with van der Waals surface area (Å²) < 4.78 is 34.7. The molecular weight excluding hydrogens is 784 g/mol. The van der Waals surface area contributed by atoms with Gasteiger partial charge in [0.15, 0.2) is 0 Å². The zero-order chi connectivity index (χ0) is 39.2. The molecule has 1 saturated heterocycles. The highest BCUT2D eigenvalue weighted by atomic mass is 127. The van der Waals surface area contributed by atoms with Gasteiger partial charge in [0.05, 0.1) is 36.1 Å². The number of benzene rings is 2. The smallest absolute Gasteiger partial charge is 0.497 e. The molecule has 286 valence electrons. The summed E-state index contributed by atoms with van der Waals surface area (Å²) in [5.74, 6) is -0.598. The van der Waals surface area contributed by atoms with Gasteiger partial charge in [-0.2, -0.15) is 0 Å². The second-order valence-corrected chi connectivity index (χ2v) is 15.9. The highest BCUT2D eigenvalue weighted by Gasteiger charge is 2.52. The van der Waals surface area contributed by atoms with Gasteiger partial charge in [-0.15, -0.1) is 0 Å². The van der Waals surface area contributed by atoms with Gasteiger partial charge in [0.2, 0.25) is 11.8 Å². The lowest BCUT2D eigenvalue weighted by atomic mass is 9.77. The van der Waals surface area contributed by atoms with E-state index in [1.165, 1.54) is 33.1 Å². The van der Waals surface area contributed by atoms with Gasteiger partial charge in [-0.25, -0.2) is 9.59 Å². The molecule has 1 fully saturated rings. The molecule has 2 N–H and O–H groups in total. The number of amides is 3. The molecule has 0 unspecified atom stereocenters. The SMILES string of the molecule is COC(=O)[C@H](CCCc1ccc(OC)c(B2OC(C)(C)C(C)(C)O2)c1)NC(=O)[C@H](C)NC(=O)[C@H](c1ccc(OC)c(I)c1)N(C)C(=O)OC(C)(C)C. The first-order chi connectivity index (χ1) is 24.1. The molecule has 3 atom stereocenters. The Morgan fingerprint density at radius 3 is 2.04 bits per heavy atom. The van der Waals surface area contributed by atoms with Crippen LogP contribution in [-0.2, 0) is 39.6 Å². The average molecular weight is 838 g/mol. The van der Waals surface area contributed by atoms with Gasteiger partial charge in [0.25, 0.3) is 0 Å². The third-order valence-corrected chi connectivity index (χ3v) is 9.97. The molecular formula is C37H53BIN3O10. The molecule has 1 aliphatic rings. The Bertz CT molecular complexity index is 1600. The number of hydrogen-bond donors (Lipinski definition) is 2. The quantitative estimate of drug-likeness (QED) is 0.156. The van der Waals surface area contributed by atoms with Gasteiger partial charge in [-0.3, -0.25) is 14.5 Å². The summed E-state index contributed by atoms with van der Waals surface area (Å²) >= 11 is 2.08. The van der Waals surface area contributed by atoms with Crippen LogP contribution < -0.4 is 25.6 Å². The third kappa shape index (κ3) is 10.7. The van der Waals surface area contributed by atoms with Crippen LogP contribution in [0.25, 0.3) is 0 Å². The number of aryl methyl sites for hydroxylation is 1. The molecule has 1 aliphatic heterocycles. The van der Waals surface area contributed by atoms with Crippen molar-refractivity contribution in [3.05, 3.63) is 51.1 Å². The summed E-state index contributed by atoms with van der Waals surface area (Å²) in [5, 5.41) is 5.43. The Labute approximate surface area is 321 Å². The van der Waals surface area contributed by atoms with E-state index in [1.54, 1.807) is 46.1 Å². The van der Waals surface area contributed by atoms with E-state index in [-0.39, 0.29) is 6.42 Å². The molecule has 0 radical (unpaired) electrons. The fraction of sp³-hybridized carbons (Fsp3) is 0.568. The van der Waals surface area contributed by atoms with E-state index >= 15 is 0 Å². The zero-order valence-electron chi connectivity index (χ0n) is 32.3. The number of carbonyl (C=O) groups is 4. The van der Waals surface area contributed by atoms with Crippen molar-refractivity contribution < 1.29 is 47.4 Å². The van der Waals surface area contributed by atoms with Gasteiger partial charge in [0, 0.05) is 12.5 Å². The van der Waals surface area contributed by atoms with Crippen LogP contribution in [0.15, 0.2) is 36.4 Å². The zero-order valence-corrected chi connectivity index (χ0v) is 34.5. The normalized spacial score (nSPS) is 16.6. The Morgan fingerprint density at radius 1 is 0.904 bits per heavy atom. The number of likely N-dealkylation sites (N-methyl/N-ethyl adjacent to an activating group) is 1. The summed E-state index contributed by atoms with van der Waals surface area (Å²) in [5.41, 5.74) is 0.362. The van der Waals surface area contributed by atoms with E-state index in [2.05, 4.69) is 33.2 Å². The van der Waals surface area contributed by atoms with Crippen LogP contribution in [0.4, 0.5) is 4.79 Å². The van der Waals surface area contributed by atoms with Gasteiger partial charge in [-0.1, -0.05) is 18.2 Å². The number of nitrogens with one attached hydrogen (secondary N) is 2. The molecule has 1 heterocycles. The lowest BCUT2D eigenvalue weighted by Crippen LogP contribution is -2.53. The van der Waals surface area contributed by atoms with Crippen molar-refractivity contribution in [3.8, 4) is 11.5 Å². The molecule has 2 aromatic rings. The first-order valence-corrected chi connectivity index (χ1v) is 18.2. The Kier molecular flexibility index (Phi) is 14.4. The van der Waals surface area contributed by atoms with Crippen molar-refractivity contribution in [1.29, 1.82) is 0 Å². The Hall–Kier alpha value is -3.57. The lowest BCUT2D eigenvalue weighted by molar-refractivity contribution is -0.145. The second-order valence-electron chi connectivity index (χ2n) is 14.8. The standard InChI is InChI=1S/C37H53BIN3O10/c1-22(40-32(44)30(42(9)34(46)50-35(2,3)4)24-17-19-29(48-11)26(39)21-24)31(43)41-27(33(45)49-12)15-13-14-23-16-18-28(47-10)25(20-23)38-51-36(5,6)37(7,8)52-38/h16-22,27,30H,13-15H2,1-12H3,(H,40,44)(H,41,43)/t22-,27-,30-/m0/s1. The number of nitrogens with zero attached hydrogens (tertiary/aromatic N) is 1. The molecule has 0 aliphatic carbocycles. The third-order valence-electron chi connectivity index (χ3n) is 9.12. The van der Waals surface area contributed by atoms with Crippen molar-refractivity contribution in [2.75, 3.05) is 28.4 Å². The Morgan fingerprint density at radius 2 is 1.50 bits per heavy atom. The fourth-order valence-corrected chi connectivity index (χ4v) is 6.25. The number of ether oxygens (including phenoxy) is 4. The van der Waals surface area contributed by atoms with Crippen molar-refractivity contribution in [1.82, 2.24) is 15.5 Å². The largest absolute Gasteiger partial charge is 0.498 e. The van der Waals surface area contributed by atoms with E-state index in [4.69, 9.17) is 28.3 Å². The van der Waals surface area contributed by atoms with E-state index in [0.29, 0.717) is 29.9 Å². The number of esters is 1. The molecule has 0 saturated carbocycles. The summed E-state index contributed by atoms with van der Waals surface area (Å²) in [4.78, 5) is 54.2. The summed E-state index contributed by atoms with van der Waals surface area (Å²) in [6.07, 6.45) is 0.646. The molecule has 3 rings (SSSR count). The maximum atomic E-state index is 13.8. The minimum absolute atomic E-state index is 0.269. The van der Waals surface area contributed by atoms with E-state index in [0.717, 1.165) is 14.6 Å². The molecule has 0 bridgehead atoms. The summed E-state index contributed by atoms with van der Waals surface area (Å²) in [6.45, 7) is 14.6. The number of hydrogen-bond acceptors (Lipinski definition) is 10. The first-order valence-electron chi connectivity index (χ1n) is 17.1. The van der Waals surface area contributed by atoms with Crippen LogP contribution >= 0.6 is 22.6 Å². The maximum absolute atomic E-state index is 13.8. The van der Waals surface area contributed by atoms with Crippen molar-refractivity contribution in [3.63, 3.8) is 0 Å². The van der Waals surface area contributed by atoms with Crippen molar-refractivity contribution >= 4 is 59.0 Å². The molecule has 0 spiro atoms. The predicted octanol–water partition coefficient (Wildman–Crippen LogP) is 4.70. The maximum Gasteiger partial charge on any atom is 0.498 e. The van der Waals surface area contributed by atoms with Crippen molar-refractivity contribution in [2.24, 2.45) is 0 Å². The Balaban J connectivity index is 1.72. The minimum atomic E-state index is -1.15. The molecule has 0 aromatic heterocycles. The molecule has 2 aromatic carbocycles. The van der Waals surface area contributed by atoms with Gasteiger partial charge >= 0.3 is 19.2 Å². The van der Waals surface area contributed by atoms with E-state index in [9.17, 15) is 19.2 Å². The molecule has 52 heavy (non-hydrogen) atoms. The second kappa shape index (κ2) is 17.5. The van der Waals surface area contributed by atoms with Crippen LogP contribution in [0.1, 0.15) is 85.4 Å². The summed E-state index contributed by atoms with van der Waals surface area (Å²) in [6, 6.07) is 7.67. The highest BCUT2D eigenvalue weighted by molar-refractivity contribution is 14.1. The van der Waals surface area contributed by atoms with Crippen LogP contribution in [0.5, 0.6) is 11.5 Å². The highest BCUT2D eigenvalue weighted by Crippen LogP contribution is 2.37. The van der Waals surface area contributed by atoms with E-state index in [1.807, 2.05) is 45.9 Å². The topological polar surface area (TPSA) is 151 Å². The monoisotopic (exact) mass is 837 g/mol. The molecule has 15 heteroatoms. The van der Waals surface area contributed by atoms with Gasteiger partial charge < -0.3 is 38.9 Å². The first kappa shape index (κ1) is 42.8. The number of methoxy groups -OCH3 is 3. The number of carbonyl (C=O) groups excluding carboxylic acids is 4. The molecule has 3 amide bonds. The van der Waals surface area contributed by atoms with Crippen LogP contribution in [0.3, 0.4) is 0 Å². The lowest BCUT2D eigenvalue weighted by Gasteiger charge is -2.32.